The van der Waals surface area contributed by atoms with E-state index >= 15 is 0 Å². The molecule has 0 aromatic carbocycles. The maximum absolute atomic E-state index is 10.3. The van der Waals surface area contributed by atoms with Crippen molar-refractivity contribution in [1.29, 1.82) is 0 Å². The van der Waals surface area contributed by atoms with Gasteiger partial charge in [-0.2, -0.15) is 0 Å². The van der Waals surface area contributed by atoms with Gasteiger partial charge in [0.25, 0.3) is 0 Å². The third kappa shape index (κ3) is 7.84. The number of unbranched alkanes of at least 4 members (excludes halogenated alkanes) is 3. The highest BCUT2D eigenvalue weighted by Gasteiger charge is 2.01. The van der Waals surface area contributed by atoms with E-state index in [9.17, 15) is 4.79 Å². The Morgan fingerprint density at radius 3 is 2.50 bits per heavy atom. The topological polar surface area (TPSA) is 37.3 Å². The molecule has 0 saturated heterocycles. The minimum atomic E-state index is -0.836. The number of aliphatic carboxylic acids is 1. The molecule has 0 aromatic heterocycles. The van der Waals surface area contributed by atoms with Crippen LogP contribution in [0.25, 0.3) is 0 Å². The van der Waals surface area contributed by atoms with Gasteiger partial charge in [0.05, 0.1) is 0 Å². The van der Waals surface area contributed by atoms with Crippen molar-refractivity contribution in [2.45, 2.75) is 52.4 Å². The lowest BCUT2D eigenvalue weighted by Crippen LogP contribution is -1.96. The number of carboxylic acids is 1. The molecule has 2 nitrogen and oxygen atoms in total. The quantitative estimate of drug-likeness (QED) is 0.477. The van der Waals surface area contributed by atoms with Crippen molar-refractivity contribution in [2.75, 3.05) is 0 Å². The van der Waals surface area contributed by atoms with Gasteiger partial charge in [-0.05, 0) is 18.8 Å². The first-order chi connectivity index (χ1) is 6.70. The van der Waals surface area contributed by atoms with E-state index < -0.39 is 5.97 Å². The van der Waals surface area contributed by atoms with Crippen LogP contribution in [0, 0.1) is 5.92 Å². The molecule has 0 spiro atoms. The summed E-state index contributed by atoms with van der Waals surface area (Å²) in [6.45, 7) is 4.30. The second-order valence-corrected chi connectivity index (χ2v) is 3.72. The maximum atomic E-state index is 10.3. The van der Waals surface area contributed by atoms with Gasteiger partial charge < -0.3 is 5.11 Å². The number of hydrogen-bond donors (Lipinski definition) is 1. The van der Waals surface area contributed by atoms with E-state index in [1.165, 1.54) is 31.8 Å². The van der Waals surface area contributed by atoms with Gasteiger partial charge in [-0.1, -0.05) is 45.6 Å². The van der Waals surface area contributed by atoms with E-state index in [0.717, 1.165) is 12.8 Å². The number of hydrogen-bond acceptors (Lipinski definition) is 1. The number of carboxylic acid groups (broad SMARTS) is 1. The summed E-state index contributed by atoms with van der Waals surface area (Å²) in [4.78, 5) is 10.3. The molecule has 0 aliphatic heterocycles. The Bertz CT molecular complexity index is 173. The van der Waals surface area contributed by atoms with E-state index in [4.69, 9.17) is 5.11 Å². The van der Waals surface area contributed by atoms with Gasteiger partial charge in [-0.3, -0.25) is 0 Å². The molecule has 0 radical (unpaired) electrons. The van der Waals surface area contributed by atoms with Crippen LogP contribution in [0.4, 0.5) is 0 Å². The second kappa shape index (κ2) is 8.79. The van der Waals surface area contributed by atoms with Crippen molar-refractivity contribution in [3.63, 3.8) is 0 Å². The Labute approximate surface area is 87.0 Å². The van der Waals surface area contributed by atoms with Crippen molar-refractivity contribution in [1.82, 2.24) is 0 Å². The molecule has 1 atom stereocenters. The van der Waals surface area contributed by atoms with Crippen LogP contribution in [-0.2, 0) is 4.79 Å². The van der Waals surface area contributed by atoms with E-state index in [2.05, 4.69) is 13.8 Å². The molecule has 2 heteroatoms. The first-order valence-corrected chi connectivity index (χ1v) is 5.61. The van der Waals surface area contributed by atoms with Gasteiger partial charge in [0.2, 0.25) is 0 Å². The van der Waals surface area contributed by atoms with Crippen molar-refractivity contribution in [3.8, 4) is 0 Å². The molecule has 0 aromatic rings. The molecule has 0 aliphatic rings. The fourth-order valence-electron chi connectivity index (χ4n) is 1.49. The highest BCUT2D eigenvalue weighted by molar-refractivity contribution is 5.79. The molecule has 0 aliphatic carbocycles. The van der Waals surface area contributed by atoms with Gasteiger partial charge in [0, 0.05) is 6.08 Å². The summed E-state index contributed by atoms with van der Waals surface area (Å²) in [6, 6.07) is 0. The standard InChI is InChI=1S/C12H22O2/c1-3-5-6-7-8-11(4-2)9-10-12(13)14/h9-11H,3-8H2,1-2H3,(H,13,14). The van der Waals surface area contributed by atoms with E-state index in [0.29, 0.717) is 5.92 Å². The molecular weight excluding hydrogens is 176 g/mol. The normalized spacial score (nSPS) is 13.3. The average Bonchev–Trinajstić information content (AvgIpc) is 2.16. The van der Waals surface area contributed by atoms with Crippen LogP contribution in [0.2, 0.25) is 0 Å². The lowest BCUT2D eigenvalue weighted by molar-refractivity contribution is -0.131. The predicted molar refractivity (Wildman–Crippen MR) is 59.3 cm³/mol. The molecule has 0 rings (SSSR count). The van der Waals surface area contributed by atoms with Crippen LogP contribution in [-0.4, -0.2) is 11.1 Å². The fraction of sp³-hybridized carbons (Fsp3) is 0.750. The Kier molecular flexibility index (Phi) is 8.30. The van der Waals surface area contributed by atoms with E-state index in [1.807, 2.05) is 6.08 Å². The van der Waals surface area contributed by atoms with Crippen LogP contribution >= 0.6 is 0 Å². The lowest BCUT2D eigenvalue weighted by atomic mass is 9.98. The summed E-state index contributed by atoms with van der Waals surface area (Å²) < 4.78 is 0. The number of rotatable bonds is 8. The van der Waals surface area contributed by atoms with Crippen LogP contribution in [0.3, 0.4) is 0 Å². The summed E-state index contributed by atoms with van der Waals surface area (Å²) in [6.07, 6.45) is 10.3. The molecule has 0 saturated carbocycles. The Morgan fingerprint density at radius 1 is 1.29 bits per heavy atom. The smallest absolute Gasteiger partial charge is 0.327 e. The van der Waals surface area contributed by atoms with Gasteiger partial charge >= 0.3 is 5.97 Å². The van der Waals surface area contributed by atoms with Gasteiger partial charge in [0.1, 0.15) is 0 Å². The van der Waals surface area contributed by atoms with Crippen molar-refractivity contribution < 1.29 is 9.90 Å². The molecule has 82 valence electrons. The molecule has 0 fully saturated rings. The molecule has 1 N–H and O–H groups in total. The van der Waals surface area contributed by atoms with E-state index in [-0.39, 0.29) is 0 Å². The van der Waals surface area contributed by atoms with Crippen LogP contribution in [0.1, 0.15) is 52.4 Å². The Morgan fingerprint density at radius 2 is 2.00 bits per heavy atom. The number of carbonyl (C=O) groups is 1. The molecule has 0 bridgehead atoms. The van der Waals surface area contributed by atoms with Crippen molar-refractivity contribution in [3.05, 3.63) is 12.2 Å². The molecule has 0 amide bonds. The minimum absolute atomic E-state index is 0.447. The SMILES string of the molecule is CCCCCCC(C=CC(=O)O)CC. The molecule has 14 heavy (non-hydrogen) atoms. The molecular formula is C12H22O2. The average molecular weight is 198 g/mol. The second-order valence-electron chi connectivity index (χ2n) is 3.72. The van der Waals surface area contributed by atoms with Crippen LogP contribution < -0.4 is 0 Å². The largest absolute Gasteiger partial charge is 0.478 e. The maximum Gasteiger partial charge on any atom is 0.327 e. The first-order valence-electron chi connectivity index (χ1n) is 5.61. The number of allylic oxidation sites excluding steroid dienone is 1. The molecule has 1 unspecified atom stereocenters. The van der Waals surface area contributed by atoms with Crippen molar-refractivity contribution >= 4 is 5.97 Å². The minimum Gasteiger partial charge on any atom is -0.478 e. The molecule has 0 heterocycles. The van der Waals surface area contributed by atoms with Crippen LogP contribution in [0.5, 0.6) is 0 Å². The van der Waals surface area contributed by atoms with Crippen molar-refractivity contribution in [2.24, 2.45) is 5.92 Å². The zero-order chi connectivity index (χ0) is 10.8. The van der Waals surface area contributed by atoms with Gasteiger partial charge in [-0.25, -0.2) is 4.79 Å². The van der Waals surface area contributed by atoms with Crippen LogP contribution in [0.15, 0.2) is 12.2 Å². The summed E-state index contributed by atoms with van der Waals surface area (Å²) in [5.74, 6) is -0.389. The van der Waals surface area contributed by atoms with Gasteiger partial charge in [-0.15, -0.1) is 0 Å². The van der Waals surface area contributed by atoms with Gasteiger partial charge in [0.15, 0.2) is 0 Å². The Hall–Kier alpha value is -0.790. The zero-order valence-corrected chi connectivity index (χ0v) is 9.33. The monoisotopic (exact) mass is 198 g/mol. The summed E-state index contributed by atoms with van der Waals surface area (Å²) in [7, 11) is 0. The summed E-state index contributed by atoms with van der Waals surface area (Å²) in [5, 5.41) is 8.48. The lowest BCUT2D eigenvalue weighted by Gasteiger charge is -2.08. The highest BCUT2D eigenvalue weighted by Crippen LogP contribution is 2.15. The Balaban J connectivity index is 3.63. The zero-order valence-electron chi connectivity index (χ0n) is 9.33. The fourth-order valence-corrected chi connectivity index (χ4v) is 1.49. The summed E-state index contributed by atoms with van der Waals surface area (Å²) >= 11 is 0. The van der Waals surface area contributed by atoms with E-state index in [1.54, 1.807) is 0 Å². The first kappa shape index (κ1) is 13.2. The third-order valence-corrected chi connectivity index (χ3v) is 2.46. The predicted octanol–water partition coefficient (Wildman–Crippen LogP) is 3.62. The third-order valence-electron chi connectivity index (χ3n) is 2.46. The highest BCUT2D eigenvalue weighted by atomic mass is 16.4. The summed E-state index contributed by atoms with van der Waals surface area (Å²) in [5.41, 5.74) is 0.